The lowest BCUT2D eigenvalue weighted by Gasteiger charge is -2.15. The topological polar surface area (TPSA) is 114 Å². The summed E-state index contributed by atoms with van der Waals surface area (Å²) in [5.41, 5.74) is 0.363. The van der Waals surface area contributed by atoms with Crippen LogP contribution in [0.5, 0.6) is 0 Å². The summed E-state index contributed by atoms with van der Waals surface area (Å²) in [5, 5.41) is 23.5. The molecule has 0 amide bonds. The SMILES string of the molecule is CN(CCC(=O)O)c1ccc2ncc([N+](=O)[O-])n2n1. The number of hydrogen-bond acceptors (Lipinski definition) is 6. The van der Waals surface area contributed by atoms with Gasteiger partial charge in [0.25, 0.3) is 0 Å². The summed E-state index contributed by atoms with van der Waals surface area (Å²) >= 11 is 0. The van der Waals surface area contributed by atoms with Gasteiger partial charge in [0.15, 0.2) is 5.82 Å². The van der Waals surface area contributed by atoms with E-state index in [0.717, 1.165) is 10.7 Å². The number of nitro groups is 1. The van der Waals surface area contributed by atoms with Gasteiger partial charge in [-0.15, -0.1) is 0 Å². The molecule has 0 aliphatic carbocycles. The highest BCUT2D eigenvalue weighted by atomic mass is 16.6. The van der Waals surface area contributed by atoms with Crippen molar-refractivity contribution in [2.75, 3.05) is 18.5 Å². The van der Waals surface area contributed by atoms with Crippen LogP contribution < -0.4 is 4.90 Å². The molecule has 0 aliphatic rings. The maximum Gasteiger partial charge on any atom is 0.368 e. The molecule has 2 heterocycles. The van der Waals surface area contributed by atoms with Crippen LogP contribution in [0.3, 0.4) is 0 Å². The second-order valence-corrected chi connectivity index (χ2v) is 3.90. The highest BCUT2D eigenvalue weighted by molar-refractivity contribution is 5.67. The van der Waals surface area contributed by atoms with Gasteiger partial charge in [-0.05, 0) is 11.0 Å². The smallest absolute Gasteiger partial charge is 0.368 e. The fourth-order valence-electron chi connectivity index (χ4n) is 1.56. The molecule has 0 radical (unpaired) electrons. The lowest BCUT2D eigenvalue weighted by atomic mass is 10.4. The van der Waals surface area contributed by atoms with Crippen LogP contribution >= 0.6 is 0 Å². The average molecular weight is 265 g/mol. The standard InChI is InChI=1S/C10H11N5O4/c1-13(5-4-10(16)17)8-3-2-7-11-6-9(15(18)19)14(7)12-8/h2-3,6H,4-5H2,1H3,(H,16,17). The van der Waals surface area contributed by atoms with Crippen LogP contribution in [0.2, 0.25) is 0 Å². The van der Waals surface area contributed by atoms with Gasteiger partial charge in [-0.2, -0.15) is 0 Å². The number of rotatable bonds is 5. The average Bonchev–Trinajstić information content (AvgIpc) is 2.78. The molecule has 9 nitrogen and oxygen atoms in total. The van der Waals surface area contributed by atoms with Gasteiger partial charge >= 0.3 is 11.8 Å². The third-order valence-corrected chi connectivity index (χ3v) is 2.57. The maximum absolute atomic E-state index is 10.8. The van der Waals surface area contributed by atoms with E-state index in [0.29, 0.717) is 11.5 Å². The molecule has 0 aromatic carbocycles. The summed E-state index contributed by atoms with van der Waals surface area (Å²) in [6.07, 6.45) is 1.09. The molecule has 19 heavy (non-hydrogen) atoms. The van der Waals surface area contributed by atoms with Crippen molar-refractivity contribution in [3.8, 4) is 0 Å². The third-order valence-electron chi connectivity index (χ3n) is 2.57. The Balaban J connectivity index is 2.31. The first-order valence-corrected chi connectivity index (χ1v) is 5.41. The molecule has 1 N–H and O–H groups in total. The van der Waals surface area contributed by atoms with E-state index in [4.69, 9.17) is 5.11 Å². The minimum absolute atomic E-state index is 0.0394. The third kappa shape index (κ3) is 2.59. The van der Waals surface area contributed by atoms with Gasteiger partial charge in [0.1, 0.15) is 6.20 Å². The minimum Gasteiger partial charge on any atom is -0.481 e. The van der Waals surface area contributed by atoms with Crippen LogP contribution in [0, 0.1) is 10.1 Å². The Bertz CT molecular complexity index is 638. The van der Waals surface area contributed by atoms with Crippen molar-refractivity contribution >= 4 is 23.3 Å². The lowest BCUT2D eigenvalue weighted by Crippen LogP contribution is -2.22. The van der Waals surface area contributed by atoms with Crippen LogP contribution in [0.4, 0.5) is 11.6 Å². The zero-order chi connectivity index (χ0) is 14.0. The normalized spacial score (nSPS) is 10.6. The number of fused-ring (bicyclic) bond motifs is 1. The first kappa shape index (κ1) is 12.7. The number of carboxylic acids is 1. The van der Waals surface area contributed by atoms with Crippen molar-refractivity contribution in [2.24, 2.45) is 0 Å². The predicted octanol–water partition coefficient (Wildman–Crippen LogP) is 0.548. The first-order chi connectivity index (χ1) is 8.99. The first-order valence-electron chi connectivity index (χ1n) is 5.41. The molecule has 0 aliphatic heterocycles. The van der Waals surface area contributed by atoms with E-state index in [1.165, 1.54) is 0 Å². The molecule has 0 saturated heterocycles. The Morgan fingerprint density at radius 2 is 2.32 bits per heavy atom. The van der Waals surface area contributed by atoms with Crippen molar-refractivity contribution in [3.05, 3.63) is 28.4 Å². The highest BCUT2D eigenvalue weighted by Crippen LogP contribution is 2.16. The molecule has 0 unspecified atom stereocenters. The maximum atomic E-state index is 10.8. The van der Waals surface area contributed by atoms with Gasteiger partial charge in [-0.25, -0.2) is 4.98 Å². The van der Waals surface area contributed by atoms with E-state index in [2.05, 4.69) is 10.1 Å². The van der Waals surface area contributed by atoms with E-state index < -0.39 is 10.9 Å². The Hall–Kier alpha value is -2.71. The second kappa shape index (κ2) is 4.88. The second-order valence-electron chi connectivity index (χ2n) is 3.90. The molecule has 100 valence electrons. The van der Waals surface area contributed by atoms with Crippen molar-refractivity contribution < 1.29 is 14.8 Å². The van der Waals surface area contributed by atoms with E-state index >= 15 is 0 Å². The number of carbonyl (C=O) groups is 1. The summed E-state index contributed by atoms with van der Waals surface area (Å²) in [6, 6.07) is 3.22. The molecule has 0 atom stereocenters. The lowest BCUT2D eigenvalue weighted by molar-refractivity contribution is -0.391. The molecular weight excluding hydrogens is 254 g/mol. The van der Waals surface area contributed by atoms with Crippen molar-refractivity contribution in [2.45, 2.75) is 6.42 Å². The van der Waals surface area contributed by atoms with Crippen molar-refractivity contribution in [1.29, 1.82) is 0 Å². The van der Waals surface area contributed by atoms with Crippen LogP contribution in [-0.4, -0.2) is 44.2 Å². The van der Waals surface area contributed by atoms with Crippen LogP contribution in [0.15, 0.2) is 18.3 Å². The zero-order valence-corrected chi connectivity index (χ0v) is 10.1. The number of imidazole rings is 1. The Morgan fingerprint density at radius 1 is 1.58 bits per heavy atom. The summed E-state index contributed by atoms with van der Waals surface area (Å²) in [5.74, 6) is -0.708. The molecule has 2 rings (SSSR count). The van der Waals surface area contributed by atoms with Crippen LogP contribution in [0.25, 0.3) is 5.65 Å². The fourth-order valence-corrected chi connectivity index (χ4v) is 1.56. The van der Waals surface area contributed by atoms with Crippen LogP contribution in [0.1, 0.15) is 6.42 Å². The van der Waals surface area contributed by atoms with Gasteiger partial charge in [-0.1, -0.05) is 9.61 Å². The molecule has 0 fully saturated rings. The number of anilines is 1. The van der Waals surface area contributed by atoms with Gasteiger partial charge in [0.2, 0.25) is 5.65 Å². The Kier molecular flexibility index (Phi) is 3.27. The number of carboxylic acid groups (broad SMARTS) is 1. The summed E-state index contributed by atoms with van der Waals surface area (Å²) in [4.78, 5) is 26.2. The molecule has 0 bridgehead atoms. The molecule has 0 saturated carbocycles. The fraction of sp³-hybridized carbons (Fsp3) is 0.300. The summed E-state index contributed by atoms with van der Waals surface area (Å²) in [6.45, 7) is 0.260. The van der Waals surface area contributed by atoms with E-state index in [9.17, 15) is 14.9 Å². The Labute approximate surface area is 107 Å². The zero-order valence-electron chi connectivity index (χ0n) is 10.1. The van der Waals surface area contributed by atoms with Gasteiger partial charge in [-0.3, -0.25) is 4.79 Å². The van der Waals surface area contributed by atoms with Crippen molar-refractivity contribution in [3.63, 3.8) is 0 Å². The monoisotopic (exact) mass is 265 g/mol. The number of aromatic nitrogens is 3. The van der Waals surface area contributed by atoms with Crippen molar-refractivity contribution in [1.82, 2.24) is 14.6 Å². The number of aliphatic carboxylic acids is 1. The van der Waals surface area contributed by atoms with E-state index in [1.807, 2.05) is 0 Å². The molecule has 0 spiro atoms. The van der Waals surface area contributed by atoms with E-state index in [1.54, 1.807) is 24.1 Å². The number of nitrogens with zero attached hydrogens (tertiary/aromatic N) is 5. The predicted molar refractivity (Wildman–Crippen MR) is 65.2 cm³/mol. The van der Waals surface area contributed by atoms with Gasteiger partial charge in [0, 0.05) is 19.7 Å². The van der Waals surface area contributed by atoms with Gasteiger partial charge in [0.05, 0.1) is 6.42 Å². The largest absolute Gasteiger partial charge is 0.481 e. The van der Waals surface area contributed by atoms with Gasteiger partial charge < -0.3 is 20.1 Å². The van der Waals surface area contributed by atoms with E-state index in [-0.39, 0.29) is 18.8 Å². The number of hydrogen-bond donors (Lipinski definition) is 1. The highest BCUT2D eigenvalue weighted by Gasteiger charge is 2.17. The molecule has 9 heteroatoms. The quantitative estimate of drug-likeness (QED) is 0.620. The summed E-state index contributed by atoms with van der Waals surface area (Å²) in [7, 11) is 1.67. The summed E-state index contributed by atoms with van der Waals surface area (Å²) < 4.78 is 1.12. The minimum atomic E-state index is -0.915. The molecule has 2 aromatic heterocycles. The van der Waals surface area contributed by atoms with Crippen LogP contribution in [-0.2, 0) is 4.79 Å². The Morgan fingerprint density at radius 3 is 2.95 bits per heavy atom. The molecular formula is C10H11N5O4. The molecule has 2 aromatic rings.